The van der Waals surface area contributed by atoms with Crippen molar-refractivity contribution < 1.29 is 18.0 Å². The van der Waals surface area contributed by atoms with Crippen LogP contribution < -0.4 is 10.9 Å². The van der Waals surface area contributed by atoms with Crippen LogP contribution in [0.4, 0.5) is 13.2 Å². The number of carbonyl (C=O) groups is 1. The summed E-state index contributed by atoms with van der Waals surface area (Å²) in [6.45, 7) is 3.52. The zero-order valence-corrected chi connectivity index (χ0v) is 22.4. The molecule has 212 valence electrons. The van der Waals surface area contributed by atoms with E-state index >= 15 is 0 Å². The standard InChI is InChI=1S/C29H28F3N7O2/c1-16(2)39-15-22(26(37-39)29(30,31)32)18-11-12-38-23(14-33-24(38)13-18)28(41)34-19-9-7-17(8-10-19)25-20-5-3-4-6-21(20)27(40)36-35-25/h3-6,11-17,19H,7-10H2,1-2H3,(H,34,41)(H,36,40). The summed E-state index contributed by atoms with van der Waals surface area (Å²) in [4.78, 5) is 29.6. The summed E-state index contributed by atoms with van der Waals surface area (Å²) in [5.41, 5.74) is 0.640. The third-order valence-corrected chi connectivity index (χ3v) is 7.76. The van der Waals surface area contributed by atoms with Crippen LogP contribution >= 0.6 is 0 Å². The van der Waals surface area contributed by atoms with Gasteiger partial charge in [-0.05, 0) is 63.3 Å². The molecule has 0 aliphatic heterocycles. The van der Waals surface area contributed by atoms with Gasteiger partial charge in [0.1, 0.15) is 11.3 Å². The van der Waals surface area contributed by atoms with Crippen LogP contribution in [0.25, 0.3) is 27.5 Å². The number of alkyl halides is 3. The van der Waals surface area contributed by atoms with E-state index in [2.05, 4.69) is 25.6 Å². The van der Waals surface area contributed by atoms with Crippen molar-refractivity contribution in [3.8, 4) is 11.1 Å². The van der Waals surface area contributed by atoms with Gasteiger partial charge in [-0.15, -0.1) is 0 Å². The molecule has 4 aromatic heterocycles. The van der Waals surface area contributed by atoms with Crippen molar-refractivity contribution in [1.29, 1.82) is 0 Å². The summed E-state index contributed by atoms with van der Waals surface area (Å²) in [5, 5.41) is 15.3. The molecule has 5 aromatic rings. The van der Waals surface area contributed by atoms with Gasteiger partial charge in [-0.2, -0.15) is 23.4 Å². The minimum atomic E-state index is -4.61. The Morgan fingerprint density at radius 2 is 1.83 bits per heavy atom. The summed E-state index contributed by atoms with van der Waals surface area (Å²) in [7, 11) is 0. The highest BCUT2D eigenvalue weighted by Crippen LogP contribution is 2.37. The fourth-order valence-electron chi connectivity index (χ4n) is 5.61. The highest BCUT2D eigenvalue weighted by molar-refractivity contribution is 5.93. The summed E-state index contributed by atoms with van der Waals surface area (Å²) >= 11 is 0. The molecule has 1 amide bonds. The minimum absolute atomic E-state index is 0.0378. The maximum Gasteiger partial charge on any atom is 0.435 e. The number of benzene rings is 1. The van der Waals surface area contributed by atoms with Crippen LogP contribution in [0, 0.1) is 0 Å². The second kappa shape index (κ2) is 10.2. The van der Waals surface area contributed by atoms with Gasteiger partial charge in [0, 0.05) is 41.3 Å². The number of nitrogens with one attached hydrogen (secondary N) is 2. The highest BCUT2D eigenvalue weighted by atomic mass is 19.4. The van der Waals surface area contributed by atoms with Crippen molar-refractivity contribution in [2.75, 3.05) is 0 Å². The third kappa shape index (κ3) is 4.98. The van der Waals surface area contributed by atoms with E-state index in [1.54, 1.807) is 30.5 Å². The first kappa shape index (κ1) is 26.7. The molecular weight excluding hydrogens is 535 g/mol. The second-order valence-electron chi connectivity index (χ2n) is 10.8. The van der Waals surface area contributed by atoms with Gasteiger partial charge in [-0.25, -0.2) is 10.1 Å². The largest absolute Gasteiger partial charge is 0.435 e. The maximum atomic E-state index is 13.7. The van der Waals surface area contributed by atoms with Gasteiger partial charge in [0.2, 0.25) is 0 Å². The number of H-pyrrole nitrogens is 1. The lowest BCUT2D eigenvalue weighted by Crippen LogP contribution is -2.38. The smallest absolute Gasteiger partial charge is 0.348 e. The zero-order chi connectivity index (χ0) is 28.9. The fraction of sp³-hybridized carbons (Fsp3) is 0.345. The molecule has 0 bridgehead atoms. The van der Waals surface area contributed by atoms with E-state index in [1.165, 1.54) is 29.2 Å². The van der Waals surface area contributed by atoms with Crippen LogP contribution in [0.5, 0.6) is 0 Å². The number of nitrogens with zero attached hydrogens (tertiary/aromatic N) is 5. The molecule has 0 unspecified atom stereocenters. The lowest BCUT2D eigenvalue weighted by atomic mass is 9.82. The SMILES string of the molecule is CC(C)n1cc(-c2ccn3c(C(=O)NC4CCC(c5n[nH]c(=O)c6ccccc56)CC4)cnc3c2)c(C(F)(F)F)n1. The number of aromatic amines is 1. The van der Waals surface area contributed by atoms with Crippen molar-refractivity contribution in [3.63, 3.8) is 0 Å². The molecule has 4 heterocycles. The Morgan fingerprint density at radius 1 is 1.10 bits per heavy atom. The fourth-order valence-corrected chi connectivity index (χ4v) is 5.61. The summed E-state index contributed by atoms with van der Waals surface area (Å²) < 4.78 is 43.9. The Morgan fingerprint density at radius 3 is 2.54 bits per heavy atom. The molecule has 1 fully saturated rings. The quantitative estimate of drug-likeness (QED) is 0.294. The highest BCUT2D eigenvalue weighted by Gasteiger charge is 2.38. The first-order valence-electron chi connectivity index (χ1n) is 13.5. The predicted molar refractivity (Wildman–Crippen MR) is 147 cm³/mol. The van der Waals surface area contributed by atoms with Crippen molar-refractivity contribution in [2.45, 2.75) is 63.7 Å². The molecule has 6 rings (SSSR count). The number of fused-ring (bicyclic) bond motifs is 2. The number of hydrogen-bond acceptors (Lipinski definition) is 5. The van der Waals surface area contributed by atoms with E-state index in [0.29, 0.717) is 22.3 Å². The average molecular weight is 564 g/mol. The second-order valence-corrected chi connectivity index (χ2v) is 10.8. The van der Waals surface area contributed by atoms with Crippen molar-refractivity contribution in [2.24, 2.45) is 0 Å². The number of hydrogen-bond donors (Lipinski definition) is 2. The Bertz CT molecular complexity index is 1810. The molecule has 0 spiro atoms. The Labute approximate surface area is 232 Å². The summed E-state index contributed by atoms with van der Waals surface area (Å²) in [6, 6.07) is 10.2. The van der Waals surface area contributed by atoms with Gasteiger partial charge in [0.05, 0.1) is 17.3 Å². The van der Waals surface area contributed by atoms with Gasteiger partial charge in [-0.1, -0.05) is 18.2 Å². The number of rotatable bonds is 5. The van der Waals surface area contributed by atoms with Crippen molar-refractivity contribution in [3.05, 3.63) is 82.4 Å². The third-order valence-electron chi connectivity index (χ3n) is 7.76. The molecule has 2 N–H and O–H groups in total. The molecule has 12 heteroatoms. The predicted octanol–water partition coefficient (Wildman–Crippen LogP) is 5.49. The van der Waals surface area contributed by atoms with Gasteiger partial charge in [0.25, 0.3) is 11.5 Å². The Kier molecular flexibility index (Phi) is 6.63. The number of pyridine rings is 1. The van der Waals surface area contributed by atoms with Crippen molar-refractivity contribution >= 4 is 22.3 Å². The Hall–Kier alpha value is -4.48. The van der Waals surface area contributed by atoms with E-state index in [1.807, 2.05) is 18.2 Å². The summed E-state index contributed by atoms with van der Waals surface area (Å²) in [6.07, 6.45) is 2.85. The van der Waals surface area contributed by atoms with E-state index in [4.69, 9.17) is 0 Å². The molecule has 0 saturated heterocycles. The topological polar surface area (TPSA) is 110 Å². The van der Waals surface area contributed by atoms with Crippen LogP contribution in [-0.4, -0.2) is 41.3 Å². The first-order chi connectivity index (χ1) is 19.6. The number of halogens is 3. The lowest BCUT2D eigenvalue weighted by Gasteiger charge is -2.29. The number of carbonyl (C=O) groups excluding carboxylic acids is 1. The minimum Gasteiger partial charge on any atom is -0.348 e. The zero-order valence-electron chi connectivity index (χ0n) is 22.4. The van der Waals surface area contributed by atoms with Crippen molar-refractivity contribution in [1.82, 2.24) is 34.7 Å². The number of imidazole rings is 1. The van der Waals surface area contributed by atoms with E-state index in [0.717, 1.165) is 36.8 Å². The number of amides is 1. The molecule has 9 nitrogen and oxygen atoms in total. The lowest BCUT2D eigenvalue weighted by molar-refractivity contribution is -0.141. The van der Waals surface area contributed by atoms with Gasteiger partial charge < -0.3 is 5.32 Å². The molecule has 0 radical (unpaired) electrons. The van der Waals surface area contributed by atoms with Crippen LogP contribution in [0.1, 0.15) is 73.4 Å². The average Bonchev–Trinajstić information content (AvgIpc) is 3.59. The first-order valence-corrected chi connectivity index (χ1v) is 13.5. The molecule has 1 aromatic carbocycles. The molecule has 1 aliphatic rings. The van der Waals surface area contributed by atoms with E-state index in [9.17, 15) is 22.8 Å². The molecule has 1 aliphatic carbocycles. The van der Waals surface area contributed by atoms with E-state index in [-0.39, 0.29) is 35.0 Å². The number of aromatic nitrogens is 6. The Balaban J connectivity index is 1.17. The van der Waals surface area contributed by atoms with Crippen LogP contribution in [0.3, 0.4) is 0 Å². The molecular formula is C29H28F3N7O2. The molecule has 1 saturated carbocycles. The molecule has 41 heavy (non-hydrogen) atoms. The monoisotopic (exact) mass is 563 g/mol. The van der Waals surface area contributed by atoms with Crippen LogP contribution in [0.2, 0.25) is 0 Å². The van der Waals surface area contributed by atoms with Crippen LogP contribution in [0.15, 0.2) is 59.8 Å². The normalized spacial score (nSPS) is 17.9. The van der Waals surface area contributed by atoms with E-state index < -0.39 is 11.9 Å². The summed E-state index contributed by atoms with van der Waals surface area (Å²) in [5.74, 6) is -0.134. The van der Waals surface area contributed by atoms with Crippen LogP contribution in [-0.2, 0) is 6.18 Å². The van der Waals surface area contributed by atoms with Gasteiger partial charge in [-0.3, -0.25) is 18.7 Å². The molecule has 0 atom stereocenters. The maximum absolute atomic E-state index is 13.7. The van der Waals surface area contributed by atoms with Gasteiger partial charge in [0.15, 0.2) is 5.69 Å². The van der Waals surface area contributed by atoms with Gasteiger partial charge >= 0.3 is 6.18 Å².